The molecule has 62 valence electrons. The van der Waals surface area contributed by atoms with Gasteiger partial charge in [-0.25, -0.2) is 4.79 Å². The smallest absolute Gasteiger partial charge is 0.330 e. The highest BCUT2D eigenvalue weighted by Gasteiger charge is 1.89. The Kier molecular flexibility index (Phi) is 6.39. The van der Waals surface area contributed by atoms with E-state index < -0.39 is 0 Å². The summed E-state index contributed by atoms with van der Waals surface area (Å²) in [7, 11) is 0. The number of carbonyl (C=O) groups excluding carboxylic acids is 1. The van der Waals surface area contributed by atoms with Crippen molar-refractivity contribution in [1.29, 1.82) is 0 Å². The second-order valence-corrected chi connectivity index (χ2v) is 1.95. The van der Waals surface area contributed by atoms with Crippen LogP contribution in [0.15, 0.2) is 24.3 Å². The van der Waals surface area contributed by atoms with Crippen molar-refractivity contribution in [3.63, 3.8) is 0 Å². The minimum atomic E-state index is -0.284. The van der Waals surface area contributed by atoms with E-state index in [1.54, 1.807) is 13.0 Å². The largest absolute Gasteiger partial charge is 0.463 e. The van der Waals surface area contributed by atoms with Crippen LogP contribution in [0.5, 0.6) is 0 Å². The van der Waals surface area contributed by atoms with Crippen molar-refractivity contribution in [2.24, 2.45) is 0 Å². The summed E-state index contributed by atoms with van der Waals surface area (Å²) in [4.78, 5) is 10.7. The average Bonchev–Trinajstić information content (AvgIpc) is 1.99. The van der Waals surface area contributed by atoms with E-state index in [2.05, 4.69) is 4.74 Å². The Hall–Kier alpha value is -1.05. The van der Waals surface area contributed by atoms with Gasteiger partial charge in [-0.15, -0.1) is 0 Å². The zero-order valence-electron chi connectivity index (χ0n) is 7.04. The summed E-state index contributed by atoms with van der Waals surface area (Å²) in [5.74, 6) is -0.284. The fourth-order valence-electron chi connectivity index (χ4n) is 0.539. The first-order valence-corrected chi connectivity index (χ1v) is 3.81. The molecule has 0 radical (unpaired) electrons. The Balaban J connectivity index is 3.56. The Morgan fingerprint density at radius 2 is 2.09 bits per heavy atom. The second-order valence-electron chi connectivity index (χ2n) is 1.95. The topological polar surface area (TPSA) is 26.3 Å². The molecule has 0 fully saturated rings. The predicted molar refractivity (Wildman–Crippen MR) is 45.2 cm³/mol. The summed E-state index contributed by atoms with van der Waals surface area (Å²) < 4.78 is 4.66. The summed E-state index contributed by atoms with van der Waals surface area (Å²) in [6.45, 7) is 4.25. The van der Waals surface area contributed by atoms with Gasteiger partial charge in [-0.1, -0.05) is 25.2 Å². The lowest BCUT2D eigenvalue weighted by Gasteiger charge is -1.92. The van der Waals surface area contributed by atoms with Gasteiger partial charge in [-0.2, -0.15) is 0 Å². The van der Waals surface area contributed by atoms with Crippen LogP contribution in [-0.2, 0) is 9.53 Å². The van der Waals surface area contributed by atoms with Gasteiger partial charge < -0.3 is 4.74 Å². The van der Waals surface area contributed by atoms with Crippen LogP contribution in [0.2, 0.25) is 0 Å². The van der Waals surface area contributed by atoms with Crippen molar-refractivity contribution < 1.29 is 9.53 Å². The molecule has 0 saturated heterocycles. The first kappa shape index (κ1) is 9.95. The van der Waals surface area contributed by atoms with E-state index in [1.807, 2.05) is 19.1 Å². The van der Waals surface area contributed by atoms with E-state index in [4.69, 9.17) is 0 Å². The molecule has 11 heavy (non-hydrogen) atoms. The normalized spacial score (nSPS) is 11.1. The molecule has 0 heterocycles. The summed E-state index contributed by atoms with van der Waals surface area (Å²) in [6, 6.07) is 0. The van der Waals surface area contributed by atoms with Crippen LogP contribution in [0.25, 0.3) is 0 Å². The number of rotatable bonds is 4. The van der Waals surface area contributed by atoms with Crippen molar-refractivity contribution >= 4 is 5.97 Å². The summed E-state index contributed by atoms with van der Waals surface area (Å²) in [5, 5.41) is 0. The number of allylic oxidation sites excluding steroid dienone is 3. The van der Waals surface area contributed by atoms with Crippen molar-refractivity contribution in [1.82, 2.24) is 0 Å². The van der Waals surface area contributed by atoms with Crippen LogP contribution in [0.4, 0.5) is 0 Å². The highest BCUT2D eigenvalue weighted by atomic mass is 16.5. The van der Waals surface area contributed by atoms with Crippen LogP contribution in [0.3, 0.4) is 0 Å². The first-order chi connectivity index (χ1) is 5.31. The van der Waals surface area contributed by atoms with Gasteiger partial charge >= 0.3 is 5.97 Å². The van der Waals surface area contributed by atoms with Gasteiger partial charge in [0.25, 0.3) is 0 Å². The van der Waals surface area contributed by atoms with E-state index >= 15 is 0 Å². The Morgan fingerprint density at radius 3 is 2.64 bits per heavy atom. The van der Waals surface area contributed by atoms with Gasteiger partial charge in [0, 0.05) is 6.08 Å². The fourth-order valence-corrected chi connectivity index (χ4v) is 0.539. The quantitative estimate of drug-likeness (QED) is 0.352. The molecule has 0 aromatic rings. The van der Waals surface area contributed by atoms with Crippen LogP contribution in [0.1, 0.15) is 20.3 Å². The van der Waals surface area contributed by atoms with E-state index in [0.717, 1.165) is 6.42 Å². The SMILES string of the molecule is CC/C=C\C=C\C(=O)OCC. The van der Waals surface area contributed by atoms with Crippen LogP contribution < -0.4 is 0 Å². The average molecular weight is 154 g/mol. The Bertz CT molecular complexity index is 157. The van der Waals surface area contributed by atoms with E-state index in [9.17, 15) is 4.79 Å². The Morgan fingerprint density at radius 1 is 1.36 bits per heavy atom. The molecule has 0 atom stereocenters. The van der Waals surface area contributed by atoms with E-state index in [1.165, 1.54) is 6.08 Å². The Labute approximate surface area is 67.6 Å². The lowest BCUT2D eigenvalue weighted by molar-refractivity contribution is -0.137. The molecule has 0 aromatic heterocycles. The molecular formula is C9H14O2. The number of ether oxygens (including phenoxy) is 1. The van der Waals surface area contributed by atoms with Gasteiger partial charge in [0.1, 0.15) is 0 Å². The molecule has 2 heteroatoms. The van der Waals surface area contributed by atoms with Crippen molar-refractivity contribution in [2.45, 2.75) is 20.3 Å². The molecule has 0 aromatic carbocycles. The van der Waals surface area contributed by atoms with Crippen molar-refractivity contribution in [3.05, 3.63) is 24.3 Å². The number of carbonyl (C=O) groups is 1. The first-order valence-electron chi connectivity index (χ1n) is 3.81. The molecule has 0 bridgehead atoms. The molecule has 0 N–H and O–H groups in total. The maximum absolute atomic E-state index is 10.7. The van der Waals surface area contributed by atoms with Gasteiger partial charge in [0.2, 0.25) is 0 Å². The summed E-state index contributed by atoms with van der Waals surface area (Å²) in [6.07, 6.45) is 7.87. The molecule has 0 aliphatic rings. The molecule has 0 aliphatic carbocycles. The highest BCUT2D eigenvalue weighted by molar-refractivity contribution is 5.82. The number of hydrogen-bond donors (Lipinski definition) is 0. The van der Waals surface area contributed by atoms with Crippen molar-refractivity contribution in [2.75, 3.05) is 6.61 Å². The zero-order valence-corrected chi connectivity index (χ0v) is 7.04. The van der Waals surface area contributed by atoms with Crippen molar-refractivity contribution in [3.8, 4) is 0 Å². The predicted octanol–water partition coefficient (Wildman–Crippen LogP) is 2.07. The fraction of sp³-hybridized carbons (Fsp3) is 0.444. The summed E-state index contributed by atoms with van der Waals surface area (Å²) >= 11 is 0. The van der Waals surface area contributed by atoms with Crippen LogP contribution in [0, 0.1) is 0 Å². The molecule has 2 nitrogen and oxygen atoms in total. The lowest BCUT2D eigenvalue weighted by atomic mass is 10.4. The minimum Gasteiger partial charge on any atom is -0.463 e. The van der Waals surface area contributed by atoms with Gasteiger partial charge in [-0.3, -0.25) is 0 Å². The molecular weight excluding hydrogens is 140 g/mol. The third kappa shape index (κ3) is 6.84. The summed E-state index contributed by atoms with van der Waals surface area (Å²) in [5.41, 5.74) is 0. The maximum Gasteiger partial charge on any atom is 0.330 e. The molecule has 0 saturated carbocycles. The van der Waals surface area contributed by atoms with Gasteiger partial charge in [-0.05, 0) is 13.3 Å². The third-order valence-electron chi connectivity index (χ3n) is 1.00. The maximum atomic E-state index is 10.7. The standard InChI is InChI=1S/C9H14O2/c1-3-5-6-7-8-9(10)11-4-2/h5-8H,3-4H2,1-2H3/b6-5-,8-7+. The lowest BCUT2D eigenvalue weighted by Crippen LogP contribution is -1.98. The number of esters is 1. The number of hydrogen-bond acceptors (Lipinski definition) is 2. The third-order valence-corrected chi connectivity index (χ3v) is 1.00. The highest BCUT2D eigenvalue weighted by Crippen LogP contribution is 1.84. The van der Waals surface area contributed by atoms with Gasteiger partial charge in [0.15, 0.2) is 0 Å². The van der Waals surface area contributed by atoms with Crippen LogP contribution in [-0.4, -0.2) is 12.6 Å². The second kappa shape index (κ2) is 7.06. The molecule has 0 aliphatic heterocycles. The van der Waals surface area contributed by atoms with Crippen LogP contribution >= 0.6 is 0 Å². The molecule has 0 spiro atoms. The minimum absolute atomic E-state index is 0.284. The van der Waals surface area contributed by atoms with Gasteiger partial charge in [0.05, 0.1) is 6.61 Å². The van der Waals surface area contributed by atoms with E-state index in [0.29, 0.717) is 6.61 Å². The molecule has 0 unspecified atom stereocenters. The molecule has 0 rings (SSSR count). The zero-order chi connectivity index (χ0) is 8.53. The van der Waals surface area contributed by atoms with E-state index in [-0.39, 0.29) is 5.97 Å². The monoisotopic (exact) mass is 154 g/mol. The molecule has 0 amide bonds.